The highest BCUT2D eigenvalue weighted by atomic mass is 16.5. The second kappa shape index (κ2) is 5.28. The number of carbonyl (C=O) groups excluding carboxylic acids is 2. The third-order valence-electron chi connectivity index (χ3n) is 4.97. The molecule has 1 unspecified atom stereocenters. The van der Waals surface area contributed by atoms with E-state index < -0.39 is 11.4 Å². The van der Waals surface area contributed by atoms with Gasteiger partial charge < -0.3 is 4.74 Å². The van der Waals surface area contributed by atoms with Gasteiger partial charge in [0.25, 0.3) is 0 Å². The molecule has 0 radical (unpaired) electrons. The van der Waals surface area contributed by atoms with Crippen molar-refractivity contribution < 1.29 is 14.3 Å². The van der Waals surface area contributed by atoms with E-state index in [0.29, 0.717) is 5.82 Å². The van der Waals surface area contributed by atoms with E-state index in [2.05, 4.69) is 4.98 Å². The monoisotopic (exact) mass is 334 g/mol. The molecule has 25 heavy (non-hydrogen) atoms. The van der Waals surface area contributed by atoms with Crippen molar-refractivity contribution >= 4 is 22.9 Å². The fraction of sp³-hybridized carbons (Fsp3) is 0.250. The Labute approximate surface area is 145 Å². The van der Waals surface area contributed by atoms with E-state index in [4.69, 9.17) is 4.74 Å². The second-order valence-corrected chi connectivity index (χ2v) is 6.70. The normalized spacial score (nSPS) is 18.8. The van der Waals surface area contributed by atoms with Crippen LogP contribution in [0, 0.1) is 6.92 Å². The predicted octanol–water partition coefficient (Wildman–Crippen LogP) is 3.49. The van der Waals surface area contributed by atoms with Gasteiger partial charge >= 0.3 is 5.97 Å². The van der Waals surface area contributed by atoms with Gasteiger partial charge in [0, 0.05) is 5.56 Å². The van der Waals surface area contributed by atoms with Crippen molar-refractivity contribution in [2.45, 2.75) is 25.7 Å². The second-order valence-electron chi connectivity index (χ2n) is 6.70. The van der Waals surface area contributed by atoms with Gasteiger partial charge in [0.05, 0.1) is 30.0 Å². The number of aryl methyl sites for hydroxylation is 1. The third-order valence-corrected chi connectivity index (χ3v) is 4.97. The summed E-state index contributed by atoms with van der Waals surface area (Å²) in [5, 5.41) is 0. The Bertz CT molecular complexity index is 1030. The largest absolute Gasteiger partial charge is 0.469 e. The summed E-state index contributed by atoms with van der Waals surface area (Å²) in [5.41, 5.74) is 3.31. The lowest BCUT2D eigenvalue weighted by molar-refractivity contribution is -0.141. The molecule has 0 amide bonds. The summed E-state index contributed by atoms with van der Waals surface area (Å²) in [7, 11) is 1.34. The molecular weight excluding hydrogens is 316 g/mol. The average Bonchev–Trinajstić information content (AvgIpc) is 2.99. The van der Waals surface area contributed by atoms with Gasteiger partial charge in [-0.2, -0.15) is 0 Å². The van der Waals surface area contributed by atoms with Crippen LogP contribution in [0.5, 0.6) is 0 Å². The number of imidazole rings is 1. The van der Waals surface area contributed by atoms with Crippen LogP contribution in [0.2, 0.25) is 0 Å². The molecule has 1 atom stereocenters. The van der Waals surface area contributed by atoms with Crippen LogP contribution in [0.3, 0.4) is 0 Å². The molecule has 126 valence electrons. The molecule has 0 bridgehead atoms. The number of fused-ring (bicyclic) bond motifs is 5. The zero-order valence-electron chi connectivity index (χ0n) is 14.4. The van der Waals surface area contributed by atoms with Gasteiger partial charge in [-0.25, -0.2) is 4.98 Å². The van der Waals surface area contributed by atoms with Crippen LogP contribution in [0.1, 0.15) is 29.3 Å². The van der Waals surface area contributed by atoms with Gasteiger partial charge in [0.2, 0.25) is 5.91 Å². The van der Waals surface area contributed by atoms with Crippen molar-refractivity contribution in [3.8, 4) is 11.4 Å². The number of benzene rings is 2. The number of nitrogens with zero attached hydrogens (tertiary/aromatic N) is 2. The fourth-order valence-corrected chi connectivity index (χ4v) is 3.63. The van der Waals surface area contributed by atoms with Crippen molar-refractivity contribution in [2.24, 2.45) is 0 Å². The fourth-order valence-electron chi connectivity index (χ4n) is 3.63. The number of aromatic nitrogens is 2. The van der Waals surface area contributed by atoms with Gasteiger partial charge in [0.15, 0.2) is 0 Å². The van der Waals surface area contributed by atoms with Crippen LogP contribution < -0.4 is 0 Å². The van der Waals surface area contributed by atoms with Gasteiger partial charge in [0.1, 0.15) is 5.82 Å². The topological polar surface area (TPSA) is 61.2 Å². The number of hydrogen-bond acceptors (Lipinski definition) is 4. The lowest BCUT2D eigenvalue weighted by Gasteiger charge is -2.34. The minimum atomic E-state index is -0.993. The summed E-state index contributed by atoms with van der Waals surface area (Å²) in [4.78, 5) is 30.1. The van der Waals surface area contributed by atoms with Gasteiger partial charge in [-0.05, 0) is 37.6 Å². The molecule has 1 aliphatic heterocycles. The minimum Gasteiger partial charge on any atom is -0.469 e. The van der Waals surface area contributed by atoms with E-state index in [0.717, 1.165) is 27.7 Å². The number of rotatable bonds is 2. The van der Waals surface area contributed by atoms with E-state index in [9.17, 15) is 9.59 Å². The van der Waals surface area contributed by atoms with Gasteiger partial charge in [-0.15, -0.1) is 0 Å². The summed E-state index contributed by atoms with van der Waals surface area (Å²) in [6, 6.07) is 13.5. The number of esters is 1. The molecule has 2 aromatic carbocycles. The first-order valence-electron chi connectivity index (χ1n) is 8.16. The van der Waals surface area contributed by atoms with Crippen LogP contribution in [-0.2, 0) is 14.9 Å². The molecule has 2 heterocycles. The van der Waals surface area contributed by atoms with Gasteiger partial charge in [-0.1, -0.05) is 29.8 Å². The average molecular weight is 334 g/mol. The molecule has 0 aliphatic carbocycles. The number of ether oxygens (including phenoxy) is 1. The lowest BCUT2D eigenvalue weighted by Crippen LogP contribution is -2.42. The maximum Gasteiger partial charge on any atom is 0.306 e. The predicted molar refractivity (Wildman–Crippen MR) is 94.5 cm³/mol. The highest BCUT2D eigenvalue weighted by molar-refractivity contribution is 6.05. The molecule has 0 saturated heterocycles. The van der Waals surface area contributed by atoms with E-state index in [1.165, 1.54) is 7.11 Å². The molecule has 5 nitrogen and oxygen atoms in total. The van der Waals surface area contributed by atoms with Crippen molar-refractivity contribution in [3.05, 3.63) is 53.6 Å². The Hall–Kier alpha value is -2.95. The molecule has 0 saturated carbocycles. The molecule has 0 fully saturated rings. The molecule has 3 aromatic rings. The number of carbonyl (C=O) groups is 2. The number of hydrogen-bond donors (Lipinski definition) is 0. The Kier molecular flexibility index (Phi) is 3.29. The molecule has 0 N–H and O–H groups in total. The van der Waals surface area contributed by atoms with E-state index in [-0.39, 0.29) is 12.3 Å². The van der Waals surface area contributed by atoms with Crippen molar-refractivity contribution in [3.63, 3.8) is 0 Å². The zero-order chi connectivity index (χ0) is 17.8. The van der Waals surface area contributed by atoms with Crippen LogP contribution >= 0.6 is 0 Å². The van der Waals surface area contributed by atoms with E-state index in [1.54, 1.807) is 11.5 Å². The Morgan fingerprint density at radius 2 is 2.00 bits per heavy atom. The number of para-hydroxylation sites is 2. The highest BCUT2D eigenvalue weighted by Crippen LogP contribution is 2.43. The molecule has 1 aliphatic rings. The minimum absolute atomic E-state index is 0.00958. The third kappa shape index (κ3) is 2.12. The molecule has 4 rings (SSSR count). The summed E-state index contributed by atoms with van der Waals surface area (Å²) >= 11 is 0. The van der Waals surface area contributed by atoms with Crippen LogP contribution in [0.25, 0.3) is 22.4 Å². The summed E-state index contributed by atoms with van der Waals surface area (Å²) < 4.78 is 6.49. The van der Waals surface area contributed by atoms with Crippen molar-refractivity contribution in [1.29, 1.82) is 0 Å². The lowest BCUT2D eigenvalue weighted by atomic mass is 9.74. The van der Waals surface area contributed by atoms with Crippen molar-refractivity contribution in [2.75, 3.05) is 7.11 Å². The maximum atomic E-state index is 13.4. The molecule has 0 spiro atoms. The summed E-state index contributed by atoms with van der Waals surface area (Å²) in [5.74, 6) is 0.0699. The van der Waals surface area contributed by atoms with E-state index in [1.807, 2.05) is 49.4 Å². The van der Waals surface area contributed by atoms with Gasteiger partial charge in [-0.3, -0.25) is 14.2 Å². The SMILES string of the molecule is COC(=O)CC1(C)C(=O)n2c(nc3ccccc32)-c2cc(C)ccc21. The first kappa shape index (κ1) is 15.6. The standard InChI is InChI=1S/C20H18N2O3/c1-12-8-9-14-13(10-12)18-21-15-6-4-5-7-16(15)22(18)19(24)20(14,2)11-17(23)25-3/h4-10H,11H2,1-3H3. The quantitative estimate of drug-likeness (QED) is 0.673. The van der Waals surface area contributed by atoms with Crippen LogP contribution in [-0.4, -0.2) is 28.5 Å². The molecule has 5 heteroatoms. The maximum absolute atomic E-state index is 13.4. The van der Waals surface area contributed by atoms with Crippen LogP contribution in [0.15, 0.2) is 42.5 Å². The summed E-state index contributed by atoms with van der Waals surface area (Å²) in [6.07, 6.45) is -0.00958. The van der Waals surface area contributed by atoms with E-state index >= 15 is 0 Å². The Morgan fingerprint density at radius 1 is 1.24 bits per heavy atom. The molecule has 1 aromatic heterocycles. The van der Waals surface area contributed by atoms with Crippen molar-refractivity contribution in [1.82, 2.24) is 9.55 Å². The summed E-state index contributed by atoms with van der Waals surface area (Å²) in [6.45, 7) is 3.81. The number of methoxy groups -OCH3 is 1. The van der Waals surface area contributed by atoms with Crippen LogP contribution in [0.4, 0.5) is 0 Å². The zero-order valence-corrected chi connectivity index (χ0v) is 14.4. The molecular formula is C20H18N2O3. The Balaban J connectivity index is 2.06. The first-order chi connectivity index (χ1) is 12.0. The Morgan fingerprint density at radius 3 is 2.76 bits per heavy atom. The smallest absolute Gasteiger partial charge is 0.306 e. The first-order valence-corrected chi connectivity index (χ1v) is 8.16. The highest BCUT2D eigenvalue weighted by Gasteiger charge is 2.45.